The van der Waals surface area contributed by atoms with Crippen molar-refractivity contribution in [1.82, 2.24) is 0 Å². The minimum atomic E-state index is -1.35. The van der Waals surface area contributed by atoms with Crippen LogP contribution in [0.3, 0.4) is 0 Å². The van der Waals surface area contributed by atoms with Gasteiger partial charge in [-0.3, -0.25) is 0 Å². The number of nitrogens with zero attached hydrogens (tertiary/aromatic N) is 3. The summed E-state index contributed by atoms with van der Waals surface area (Å²) in [4.78, 5) is 2.75. The van der Waals surface area contributed by atoms with Crippen molar-refractivity contribution in [2.75, 3.05) is 0 Å². The number of aliphatic hydroxyl groups is 2. The average Bonchev–Trinajstić information content (AvgIpc) is 2.45. The average molecular weight is 279 g/mol. The number of azide groups is 1. The second-order valence-corrected chi connectivity index (χ2v) is 4.68. The zero-order valence-corrected chi connectivity index (χ0v) is 11.0. The van der Waals surface area contributed by atoms with Crippen LogP contribution in [-0.4, -0.2) is 40.9 Å². The molecule has 2 rings (SSSR count). The highest BCUT2D eigenvalue weighted by Gasteiger charge is 2.43. The summed E-state index contributed by atoms with van der Waals surface area (Å²) in [5.74, 6) is 0. The van der Waals surface area contributed by atoms with Crippen LogP contribution in [0.15, 0.2) is 35.4 Å². The van der Waals surface area contributed by atoms with Crippen LogP contribution in [0.4, 0.5) is 0 Å². The van der Waals surface area contributed by atoms with Crippen LogP contribution in [0.5, 0.6) is 0 Å². The standard InChI is InChI=1S/C13H17N3O4/c1-8-10(15-16-14)12(11(17)13(18)20-8)19-7-9-5-3-2-4-6-9/h2-6,8,10-13,17-18H,7H2,1H3/t8-,10-,11+,12+,13+/m1/s1. The highest BCUT2D eigenvalue weighted by atomic mass is 16.6. The van der Waals surface area contributed by atoms with E-state index in [0.29, 0.717) is 0 Å². The molecule has 1 heterocycles. The van der Waals surface area contributed by atoms with Gasteiger partial charge >= 0.3 is 0 Å². The summed E-state index contributed by atoms with van der Waals surface area (Å²) in [6.07, 6.45) is -3.96. The van der Waals surface area contributed by atoms with E-state index in [1.54, 1.807) is 6.92 Å². The third kappa shape index (κ3) is 3.27. The molecule has 2 N–H and O–H groups in total. The summed E-state index contributed by atoms with van der Waals surface area (Å²) in [5.41, 5.74) is 9.52. The molecule has 0 unspecified atom stereocenters. The summed E-state index contributed by atoms with van der Waals surface area (Å²) in [5, 5.41) is 23.2. The van der Waals surface area contributed by atoms with E-state index in [9.17, 15) is 10.2 Å². The Morgan fingerprint density at radius 3 is 2.70 bits per heavy atom. The first-order valence-corrected chi connectivity index (χ1v) is 6.35. The van der Waals surface area contributed by atoms with Gasteiger partial charge < -0.3 is 19.7 Å². The maximum Gasteiger partial charge on any atom is 0.183 e. The van der Waals surface area contributed by atoms with Gasteiger partial charge in [-0.15, -0.1) is 0 Å². The largest absolute Gasteiger partial charge is 0.385 e. The molecule has 1 aromatic rings. The van der Waals surface area contributed by atoms with E-state index in [4.69, 9.17) is 15.0 Å². The van der Waals surface area contributed by atoms with Crippen LogP contribution < -0.4 is 0 Å². The zero-order chi connectivity index (χ0) is 14.5. The molecule has 7 heteroatoms. The van der Waals surface area contributed by atoms with Crippen molar-refractivity contribution in [3.8, 4) is 0 Å². The van der Waals surface area contributed by atoms with Crippen molar-refractivity contribution in [3.63, 3.8) is 0 Å². The maximum atomic E-state index is 9.95. The van der Waals surface area contributed by atoms with E-state index in [2.05, 4.69) is 10.0 Å². The highest BCUT2D eigenvalue weighted by Crippen LogP contribution is 2.25. The first-order valence-electron chi connectivity index (χ1n) is 6.35. The molecule has 1 aliphatic heterocycles. The lowest BCUT2D eigenvalue weighted by Gasteiger charge is -2.39. The number of aliphatic hydroxyl groups excluding tert-OH is 2. The lowest BCUT2D eigenvalue weighted by molar-refractivity contribution is -0.259. The molecule has 5 atom stereocenters. The molecular formula is C13H17N3O4. The predicted molar refractivity (Wildman–Crippen MR) is 70.5 cm³/mol. The number of ether oxygens (including phenoxy) is 2. The van der Waals surface area contributed by atoms with Gasteiger partial charge in [-0.2, -0.15) is 0 Å². The lowest BCUT2D eigenvalue weighted by Crippen LogP contribution is -2.56. The van der Waals surface area contributed by atoms with E-state index in [1.807, 2.05) is 30.3 Å². The molecule has 20 heavy (non-hydrogen) atoms. The van der Waals surface area contributed by atoms with Gasteiger partial charge in [0.25, 0.3) is 0 Å². The fraction of sp³-hybridized carbons (Fsp3) is 0.538. The molecular weight excluding hydrogens is 262 g/mol. The second kappa shape index (κ2) is 6.69. The molecule has 0 spiro atoms. The molecule has 1 saturated heterocycles. The molecule has 0 amide bonds. The van der Waals surface area contributed by atoms with Crippen molar-refractivity contribution in [1.29, 1.82) is 0 Å². The molecule has 0 radical (unpaired) electrons. The summed E-state index contributed by atoms with van der Waals surface area (Å²) < 4.78 is 10.7. The minimum Gasteiger partial charge on any atom is -0.385 e. The molecule has 1 fully saturated rings. The van der Waals surface area contributed by atoms with Gasteiger partial charge in [0.1, 0.15) is 6.10 Å². The quantitative estimate of drug-likeness (QED) is 0.492. The number of hydrogen-bond acceptors (Lipinski definition) is 5. The smallest absolute Gasteiger partial charge is 0.183 e. The Kier molecular flexibility index (Phi) is 4.94. The van der Waals surface area contributed by atoms with Gasteiger partial charge in [0.15, 0.2) is 6.29 Å². The number of hydrogen-bond donors (Lipinski definition) is 2. The molecule has 108 valence electrons. The van der Waals surface area contributed by atoms with Gasteiger partial charge in [0.2, 0.25) is 0 Å². The second-order valence-electron chi connectivity index (χ2n) is 4.68. The fourth-order valence-electron chi connectivity index (χ4n) is 2.20. The minimum absolute atomic E-state index is 0.249. The Bertz CT molecular complexity index is 478. The van der Waals surface area contributed by atoms with Crippen molar-refractivity contribution in [2.24, 2.45) is 5.11 Å². The Morgan fingerprint density at radius 2 is 2.05 bits per heavy atom. The highest BCUT2D eigenvalue weighted by molar-refractivity contribution is 5.13. The summed E-state index contributed by atoms with van der Waals surface area (Å²) in [7, 11) is 0. The van der Waals surface area contributed by atoms with Crippen molar-refractivity contribution in [2.45, 2.75) is 44.2 Å². The van der Waals surface area contributed by atoms with Gasteiger partial charge in [-0.1, -0.05) is 35.4 Å². The molecule has 0 bridgehead atoms. The van der Waals surface area contributed by atoms with Crippen LogP contribution in [0.25, 0.3) is 10.4 Å². The number of rotatable bonds is 4. The predicted octanol–water partition coefficient (Wildman–Crippen LogP) is 1.35. The van der Waals surface area contributed by atoms with E-state index >= 15 is 0 Å². The SMILES string of the molecule is C[C@H]1O[C@H](O)[C@@H](O)[C@@H](OCc2ccccc2)[C@@H]1N=[N+]=[N-]. The van der Waals surface area contributed by atoms with Gasteiger partial charge in [0, 0.05) is 4.91 Å². The topological polar surface area (TPSA) is 108 Å². The van der Waals surface area contributed by atoms with E-state index in [0.717, 1.165) is 5.56 Å². The van der Waals surface area contributed by atoms with Crippen LogP contribution in [0.2, 0.25) is 0 Å². The van der Waals surface area contributed by atoms with E-state index in [-0.39, 0.29) is 6.61 Å². The normalized spacial score (nSPS) is 33.5. The third-order valence-corrected chi connectivity index (χ3v) is 3.27. The Hall–Kier alpha value is -1.63. The Morgan fingerprint density at radius 1 is 1.35 bits per heavy atom. The van der Waals surface area contributed by atoms with Gasteiger partial charge in [0.05, 0.1) is 24.9 Å². The van der Waals surface area contributed by atoms with E-state index < -0.39 is 30.6 Å². The fourth-order valence-corrected chi connectivity index (χ4v) is 2.20. The lowest BCUT2D eigenvalue weighted by atomic mass is 9.97. The third-order valence-electron chi connectivity index (χ3n) is 3.27. The van der Waals surface area contributed by atoms with Crippen LogP contribution in [0, 0.1) is 0 Å². The van der Waals surface area contributed by atoms with Crippen LogP contribution in [-0.2, 0) is 16.1 Å². The molecule has 7 nitrogen and oxygen atoms in total. The molecule has 0 aliphatic carbocycles. The molecule has 0 saturated carbocycles. The molecule has 0 aromatic heterocycles. The summed E-state index contributed by atoms with van der Waals surface area (Å²) in [6, 6.07) is 8.72. The van der Waals surface area contributed by atoms with Crippen molar-refractivity contribution < 1.29 is 19.7 Å². The monoisotopic (exact) mass is 279 g/mol. The maximum absolute atomic E-state index is 9.95. The summed E-state index contributed by atoms with van der Waals surface area (Å²) >= 11 is 0. The first kappa shape index (κ1) is 14.8. The van der Waals surface area contributed by atoms with Gasteiger partial charge in [-0.25, -0.2) is 0 Å². The molecule has 1 aliphatic rings. The van der Waals surface area contributed by atoms with Crippen LogP contribution in [0.1, 0.15) is 12.5 Å². The Balaban J connectivity index is 2.09. The van der Waals surface area contributed by atoms with Crippen LogP contribution >= 0.6 is 0 Å². The zero-order valence-electron chi connectivity index (χ0n) is 11.0. The first-order chi connectivity index (χ1) is 9.63. The number of benzene rings is 1. The van der Waals surface area contributed by atoms with Gasteiger partial charge in [-0.05, 0) is 18.0 Å². The van der Waals surface area contributed by atoms with Crippen molar-refractivity contribution >= 4 is 0 Å². The molecule has 1 aromatic carbocycles. The van der Waals surface area contributed by atoms with E-state index in [1.165, 1.54) is 0 Å². The van der Waals surface area contributed by atoms with Crippen molar-refractivity contribution in [3.05, 3.63) is 46.3 Å². The Labute approximate surface area is 116 Å². The summed E-state index contributed by atoms with van der Waals surface area (Å²) in [6.45, 7) is 1.91.